The van der Waals surface area contributed by atoms with Crippen LogP contribution in [0.3, 0.4) is 0 Å². The van der Waals surface area contributed by atoms with Crippen molar-refractivity contribution in [3.8, 4) is 0 Å². The molecule has 0 aliphatic carbocycles. The molecule has 0 bridgehead atoms. The van der Waals surface area contributed by atoms with Crippen molar-refractivity contribution in [2.45, 2.75) is 43.5 Å². The number of amides is 2. The number of likely N-dealkylation sites (tertiary alicyclic amines) is 1. The van der Waals surface area contributed by atoms with Crippen LogP contribution < -0.4 is 5.32 Å². The normalized spacial score (nSPS) is 19.6. The fourth-order valence-corrected chi connectivity index (χ4v) is 6.06. The van der Waals surface area contributed by atoms with E-state index in [2.05, 4.69) is 5.32 Å². The molecule has 176 valence electrons. The van der Waals surface area contributed by atoms with Gasteiger partial charge in [0.05, 0.1) is 10.8 Å². The van der Waals surface area contributed by atoms with Crippen molar-refractivity contribution in [2.24, 2.45) is 5.92 Å². The van der Waals surface area contributed by atoms with Crippen LogP contribution in [0, 0.1) is 5.92 Å². The maximum atomic E-state index is 12.9. The zero-order chi connectivity index (χ0) is 23.3. The number of nitrogens with one attached hydrogen (secondary N) is 1. The Morgan fingerprint density at radius 1 is 0.970 bits per heavy atom. The lowest BCUT2D eigenvalue weighted by Gasteiger charge is -2.26. The highest BCUT2D eigenvalue weighted by molar-refractivity contribution is 7.89. The summed E-state index contributed by atoms with van der Waals surface area (Å²) in [5, 5.41) is 2.89. The quantitative estimate of drug-likeness (QED) is 0.644. The maximum Gasteiger partial charge on any atom is 0.243 e. The molecule has 33 heavy (non-hydrogen) atoms. The van der Waals surface area contributed by atoms with Gasteiger partial charge in [-0.05, 0) is 42.5 Å². The molecule has 0 saturated carbocycles. The molecule has 1 unspecified atom stereocenters. The minimum Gasteiger partial charge on any atom is -0.352 e. The van der Waals surface area contributed by atoms with Crippen LogP contribution in [0.4, 0.5) is 0 Å². The molecule has 0 spiro atoms. The van der Waals surface area contributed by atoms with Crippen LogP contribution in [-0.4, -0.2) is 55.6 Å². The van der Waals surface area contributed by atoms with Crippen molar-refractivity contribution >= 4 is 21.8 Å². The standard InChI is InChI=1S/C25H31N3O4S/c29-24-17-22(19-27(24)15-12-20-8-3-1-4-9-20)25(30)26-18-21-10-7-11-23(16-21)33(31,32)28-13-5-2-6-14-28/h1,3-4,7-11,16,22H,2,5-6,12-15,17-19H2,(H,26,30). The zero-order valence-electron chi connectivity index (χ0n) is 18.8. The molecule has 2 saturated heterocycles. The number of hydrogen-bond donors (Lipinski definition) is 1. The fourth-order valence-electron chi connectivity index (χ4n) is 4.48. The van der Waals surface area contributed by atoms with Gasteiger partial charge in [-0.3, -0.25) is 9.59 Å². The molecular formula is C25H31N3O4S. The van der Waals surface area contributed by atoms with Crippen molar-refractivity contribution in [1.82, 2.24) is 14.5 Å². The zero-order valence-corrected chi connectivity index (χ0v) is 19.6. The Hall–Kier alpha value is -2.71. The van der Waals surface area contributed by atoms with E-state index in [9.17, 15) is 18.0 Å². The van der Waals surface area contributed by atoms with Crippen molar-refractivity contribution in [1.29, 1.82) is 0 Å². The lowest BCUT2D eigenvalue weighted by Crippen LogP contribution is -2.35. The number of nitrogens with zero attached hydrogens (tertiary/aromatic N) is 2. The molecular weight excluding hydrogens is 438 g/mol. The van der Waals surface area contributed by atoms with Crippen molar-refractivity contribution in [3.05, 3.63) is 65.7 Å². The Morgan fingerprint density at radius 2 is 1.70 bits per heavy atom. The Balaban J connectivity index is 1.31. The molecule has 2 amide bonds. The summed E-state index contributed by atoms with van der Waals surface area (Å²) in [6.45, 7) is 2.36. The molecule has 2 fully saturated rings. The number of sulfonamides is 1. The molecule has 0 aromatic heterocycles. The molecule has 2 heterocycles. The van der Waals surface area contributed by atoms with Crippen molar-refractivity contribution < 1.29 is 18.0 Å². The van der Waals surface area contributed by atoms with E-state index in [1.807, 2.05) is 36.4 Å². The SMILES string of the molecule is O=C(NCc1cccc(S(=O)(=O)N2CCCCC2)c1)C1CC(=O)N(CCc2ccccc2)C1. The molecule has 2 aromatic carbocycles. The highest BCUT2D eigenvalue weighted by Crippen LogP contribution is 2.22. The van der Waals surface area contributed by atoms with E-state index < -0.39 is 10.0 Å². The second-order valence-electron chi connectivity index (χ2n) is 8.81. The summed E-state index contributed by atoms with van der Waals surface area (Å²) in [5.74, 6) is -0.552. The largest absolute Gasteiger partial charge is 0.352 e. The Labute approximate surface area is 195 Å². The van der Waals surface area contributed by atoms with Gasteiger partial charge in [0.15, 0.2) is 0 Å². The van der Waals surface area contributed by atoms with Crippen LogP contribution in [0.25, 0.3) is 0 Å². The summed E-state index contributed by atoms with van der Waals surface area (Å²) >= 11 is 0. The second-order valence-corrected chi connectivity index (χ2v) is 10.7. The molecule has 8 heteroatoms. The molecule has 7 nitrogen and oxygen atoms in total. The molecule has 1 atom stereocenters. The molecule has 2 aliphatic heterocycles. The number of piperidine rings is 1. The number of carbonyl (C=O) groups excluding carboxylic acids is 2. The average molecular weight is 470 g/mol. The third-order valence-corrected chi connectivity index (χ3v) is 8.31. The highest BCUT2D eigenvalue weighted by Gasteiger charge is 2.34. The van der Waals surface area contributed by atoms with E-state index in [1.54, 1.807) is 27.4 Å². The average Bonchev–Trinajstić information content (AvgIpc) is 3.23. The predicted octanol–water partition coefficient (Wildman–Crippen LogP) is 2.57. The summed E-state index contributed by atoms with van der Waals surface area (Å²) in [6, 6.07) is 16.7. The van der Waals surface area contributed by atoms with E-state index in [4.69, 9.17) is 0 Å². The first-order valence-corrected chi connectivity index (χ1v) is 13.1. The van der Waals surface area contributed by atoms with Gasteiger partial charge in [0.1, 0.15) is 0 Å². The molecule has 2 aromatic rings. The smallest absolute Gasteiger partial charge is 0.243 e. The fraction of sp³-hybridized carbons (Fsp3) is 0.440. The van der Waals surface area contributed by atoms with Gasteiger partial charge < -0.3 is 10.2 Å². The van der Waals surface area contributed by atoms with Crippen molar-refractivity contribution in [3.63, 3.8) is 0 Å². The van der Waals surface area contributed by atoms with Gasteiger partial charge >= 0.3 is 0 Å². The van der Waals surface area contributed by atoms with Crippen LogP contribution >= 0.6 is 0 Å². The first kappa shape index (κ1) is 23.4. The van der Waals surface area contributed by atoms with Gasteiger partial charge in [0.2, 0.25) is 21.8 Å². The third-order valence-electron chi connectivity index (χ3n) is 6.42. The van der Waals surface area contributed by atoms with Crippen LogP contribution in [0.15, 0.2) is 59.5 Å². The van der Waals surface area contributed by atoms with Gasteiger partial charge in [0.25, 0.3) is 0 Å². The minimum atomic E-state index is -3.51. The summed E-state index contributed by atoms with van der Waals surface area (Å²) in [5.41, 5.74) is 1.89. The van der Waals surface area contributed by atoms with E-state index in [-0.39, 0.29) is 35.6 Å². The van der Waals surface area contributed by atoms with Crippen LogP contribution in [0.1, 0.15) is 36.8 Å². The third kappa shape index (κ3) is 5.81. The molecule has 4 rings (SSSR count). The van der Waals surface area contributed by atoms with E-state index in [0.29, 0.717) is 26.2 Å². The van der Waals surface area contributed by atoms with E-state index in [0.717, 1.165) is 36.8 Å². The number of rotatable bonds is 8. The first-order valence-electron chi connectivity index (χ1n) is 11.6. The second kappa shape index (κ2) is 10.5. The maximum absolute atomic E-state index is 12.9. The monoisotopic (exact) mass is 469 g/mol. The lowest BCUT2D eigenvalue weighted by atomic mass is 10.1. The van der Waals surface area contributed by atoms with Gasteiger partial charge in [0, 0.05) is 39.1 Å². The summed E-state index contributed by atoms with van der Waals surface area (Å²) in [6.07, 6.45) is 3.81. The van der Waals surface area contributed by atoms with Gasteiger partial charge in [-0.25, -0.2) is 8.42 Å². The highest BCUT2D eigenvalue weighted by atomic mass is 32.2. The number of benzene rings is 2. The summed E-state index contributed by atoms with van der Waals surface area (Å²) < 4.78 is 27.4. The van der Waals surface area contributed by atoms with Crippen LogP contribution in [0.2, 0.25) is 0 Å². The molecule has 1 N–H and O–H groups in total. The number of carbonyl (C=O) groups is 2. The lowest BCUT2D eigenvalue weighted by molar-refractivity contribution is -0.129. The molecule has 0 radical (unpaired) electrons. The van der Waals surface area contributed by atoms with Crippen molar-refractivity contribution in [2.75, 3.05) is 26.2 Å². The Kier molecular flexibility index (Phi) is 7.45. The Morgan fingerprint density at radius 3 is 2.45 bits per heavy atom. The summed E-state index contributed by atoms with van der Waals surface area (Å²) in [7, 11) is -3.51. The Bertz CT molecular complexity index is 1080. The van der Waals surface area contributed by atoms with Crippen LogP contribution in [-0.2, 0) is 32.6 Å². The van der Waals surface area contributed by atoms with Gasteiger partial charge in [-0.15, -0.1) is 0 Å². The predicted molar refractivity (Wildman–Crippen MR) is 126 cm³/mol. The molecule has 2 aliphatic rings. The first-order chi connectivity index (χ1) is 15.9. The number of hydrogen-bond acceptors (Lipinski definition) is 4. The van der Waals surface area contributed by atoms with E-state index >= 15 is 0 Å². The summed E-state index contributed by atoms with van der Waals surface area (Å²) in [4.78, 5) is 27.1. The minimum absolute atomic E-state index is 0.000651. The van der Waals surface area contributed by atoms with Gasteiger partial charge in [-0.1, -0.05) is 48.9 Å². The topological polar surface area (TPSA) is 86.8 Å². The van der Waals surface area contributed by atoms with Gasteiger partial charge in [-0.2, -0.15) is 4.31 Å². The van der Waals surface area contributed by atoms with E-state index in [1.165, 1.54) is 0 Å². The van der Waals surface area contributed by atoms with Crippen LogP contribution in [0.5, 0.6) is 0 Å².